The van der Waals surface area contributed by atoms with E-state index in [0.717, 1.165) is 16.0 Å². The van der Waals surface area contributed by atoms with E-state index < -0.39 is 11.9 Å². The summed E-state index contributed by atoms with van der Waals surface area (Å²) in [6.45, 7) is 0. The third-order valence-electron chi connectivity index (χ3n) is 2.43. The number of nitrogens with zero attached hydrogens (tertiary/aromatic N) is 3. The van der Waals surface area contributed by atoms with Crippen LogP contribution in [0.4, 0.5) is 8.78 Å². The minimum Gasteiger partial charge on any atom is -0.259 e. The molecule has 0 fully saturated rings. The normalized spacial score (nSPS) is 10.9. The molecular formula is C12H7F2N3. The second kappa shape index (κ2) is 3.62. The minimum atomic E-state index is -0.875. The molecule has 5 heteroatoms. The van der Waals surface area contributed by atoms with Gasteiger partial charge < -0.3 is 0 Å². The lowest BCUT2D eigenvalue weighted by Gasteiger charge is -1.93. The highest BCUT2D eigenvalue weighted by atomic mass is 19.1. The summed E-state index contributed by atoms with van der Waals surface area (Å²) in [7, 11) is 0. The minimum absolute atomic E-state index is 0.0151. The number of hydrogen-bond acceptors (Lipinski definition) is 2. The van der Waals surface area contributed by atoms with Crippen molar-refractivity contribution < 1.29 is 8.78 Å². The van der Waals surface area contributed by atoms with Crippen LogP contribution in [0.3, 0.4) is 0 Å². The van der Waals surface area contributed by atoms with E-state index >= 15 is 0 Å². The first-order valence-electron chi connectivity index (χ1n) is 5.00. The van der Waals surface area contributed by atoms with Gasteiger partial charge in [0.05, 0.1) is 5.69 Å². The van der Waals surface area contributed by atoms with Crippen molar-refractivity contribution in [2.24, 2.45) is 0 Å². The fourth-order valence-corrected chi connectivity index (χ4v) is 1.65. The summed E-state index contributed by atoms with van der Waals surface area (Å²) in [6.07, 6.45) is 1.49. The lowest BCUT2D eigenvalue weighted by molar-refractivity contribution is 0.519. The van der Waals surface area contributed by atoms with Crippen LogP contribution in [0.5, 0.6) is 0 Å². The number of imidazole rings is 1. The smallest absolute Gasteiger partial charge is 0.239 e. The summed E-state index contributed by atoms with van der Waals surface area (Å²) in [5.74, 6) is -1.58. The molecule has 3 nitrogen and oxygen atoms in total. The zero-order valence-electron chi connectivity index (χ0n) is 8.64. The van der Waals surface area contributed by atoms with Gasteiger partial charge in [0.2, 0.25) is 17.7 Å². The van der Waals surface area contributed by atoms with Crippen molar-refractivity contribution >= 4 is 5.78 Å². The van der Waals surface area contributed by atoms with Crippen molar-refractivity contribution in [3.8, 4) is 11.3 Å². The fourth-order valence-electron chi connectivity index (χ4n) is 1.65. The second-order valence-corrected chi connectivity index (χ2v) is 3.56. The van der Waals surface area contributed by atoms with Gasteiger partial charge in [0.25, 0.3) is 0 Å². The lowest BCUT2D eigenvalue weighted by Crippen LogP contribution is -1.96. The lowest BCUT2D eigenvalue weighted by atomic mass is 10.2. The van der Waals surface area contributed by atoms with Gasteiger partial charge in [-0.3, -0.25) is 4.40 Å². The number of fused-ring (bicyclic) bond motifs is 1. The standard InChI is InChI=1S/C12H7F2N3/c13-10-6-11(14)17-7-9(15-12(17)16-10)8-4-2-1-3-5-8/h1-7H. The van der Waals surface area contributed by atoms with Gasteiger partial charge in [-0.15, -0.1) is 0 Å². The van der Waals surface area contributed by atoms with Crippen molar-refractivity contribution in [1.29, 1.82) is 0 Å². The molecule has 0 aliphatic carbocycles. The van der Waals surface area contributed by atoms with E-state index in [0.29, 0.717) is 5.69 Å². The molecular weight excluding hydrogens is 224 g/mol. The average molecular weight is 231 g/mol. The highest BCUT2D eigenvalue weighted by molar-refractivity contribution is 5.61. The molecule has 17 heavy (non-hydrogen) atoms. The predicted octanol–water partition coefficient (Wildman–Crippen LogP) is 2.67. The first-order chi connectivity index (χ1) is 8.24. The van der Waals surface area contributed by atoms with E-state index in [4.69, 9.17) is 0 Å². The van der Waals surface area contributed by atoms with Crippen LogP contribution in [0.15, 0.2) is 42.6 Å². The van der Waals surface area contributed by atoms with Crippen LogP contribution < -0.4 is 0 Å². The molecule has 0 unspecified atom stereocenters. The Hall–Kier alpha value is -2.30. The third-order valence-corrected chi connectivity index (χ3v) is 2.43. The Bertz CT molecular complexity index is 677. The van der Waals surface area contributed by atoms with Gasteiger partial charge in [-0.2, -0.15) is 13.8 Å². The van der Waals surface area contributed by atoms with Crippen LogP contribution in [0.1, 0.15) is 0 Å². The molecule has 2 aromatic heterocycles. The predicted molar refractivity (Wildman–Crippen MR) is 58.3 cm³/mol. The van der Waals surface area contributed by atoms with Gasteiger partial charge in [0.15, 0.2) is 0 Å². The van der Waals surface area contributed by atoms with Crippen LogP contribution in [-0.2, 0) is 0 Å². The molecule has 0 bridgehead atoms. The van der Waals surface area contributed by atoms with Gasteiger partial charge in [-0.25, -0.2) is 4.98 Å². The van der Waals surface area contributed by atoms with Gasteiger partial charge in [-0.05, 0) is 0 Å². The van der Waals surface area contributed by atoms with E-state index in [1.807, 2.05) is 30.3 Å². The SMILES string of the molecule is Fc1cc(F)n2cc(-c3ccccc3)nc2n1. The first kappa shape index (κ1) is 9.89. The summed E-state index contributed by atoms with van der Waals surface area (Å²) in [6, 6.07) is 9.99. The Morgan fingerprint density at radius 1 is 1.00 bits per heavy atom. The Labute approximate surface area is 95.4 Å². The molecule has 0 radical (unpaired) electrons. The summed E-state index contributed by atoms with van der Waals surface area (Å²) >= 11 is 0. The van der Waals surface area contributed by atoms with E-state index in [2.05, 4.69) is 9.97 Å². The summed E-state index contributed by atoms with van der Waals surface area (Å²) in [4.78, 5) is 7.60. The molecule has 0 aliphatic rings. The molecule has 84 valence electrons. The van der Waals surface area contributed by atoms with Crippen molar-refractivity contribution in [1.82, 2.24) is 14.4 Å². The molecule has 1 aromatic carbocycles. The Morgan fingerprint density at radius 2 is 1.76 bits per heavy atom. The molecule has 0 amide bonds. The molecule has 0 saturated carbocycles. The van der Waals surface area contributed by atoms with Crippen LogP contribution in [-0.4, -0.2) is 14.4 Å². The average Bonchev–Trinajstić information content (AvgIpc) is 2.74. The zero-order chi connectivity index (χ0) is 11.8. The largest absolute Gasteiger partial charge is 0.259 e. The van der Waals surface area contributed by atoms with Crippen LogP contribution in [0.2, 0.25) is 0 Å². The third kappa shape index (κ3) is 1.65. The van der Waals surface area contributed by atoms with Gasteiger partial charge in [-0.1, -0.05) is 30.3 Å². The number of halogens is 2. The van der Waals surface area contributed by atoms with Crippen LogP contribution in [0.25, 0.3) is 17.0 Å². The summed E-state index contributed by atoms with van der Waals surface area (Å²) < 4.78 is 27.4. The van der Waals surface area contributed by atoms with E-state index in [-0.39, 0.29) is 5.78 Å². The van der Waals surface area contributed by atoms with Crippen molar-refractivity contribution in [3.05, 3.63) is 54.5 Å². The van der Waals surface area contributed by atoms with E-state index in [9.17, 15) is 8.78 Å². The maximum Gasteiger partial charge on any atom is 0.239 e. The van der Waals surface area contributed by atoms with E-state index in [1.165, 1.54) is 6.20 Å². The quantitative estimate of drug-likeness (QED) is 0.603. The Kier molecular flexibility index (Phi) is 2.11. The van der Waals surface area contributed by atoms with Crippen molar-refractivity contribution in [3.63, 3.8) is 0 Å². The van der Waals surface area contributed by atoms with Crippen molar-refractivity contribution in [2.75, 3.05) is 0 Å². The summed E-state index contributed by atoms with van der Waals surface area (Å²) in [5, 5.41) is 0. The maximum absolute atomic E-state index is 13.4. The monoisotopic (exact) mass is 231 g/mol. The molecule has 3 aromatic rings. The van der Waals surface area contributed by atoms with Crippen LogP contribution >= 0.6 is 0 Å². The molecule has 0 spiro atoms. The van der Waals surface area contributed by atoms with Gasteiger partial charge in [0, 0.05) is 17.8 Å². The molecule has 3 rings (SSSR count). The van der Waals surface area contributed by atoms with E-state index in [1.54, 1.807) is 0 Å². The first-order valence-corrected chi connectivity index (χ1v) is 5.00. The topological polar surface area (TPSA) is 30.2 Å². The number of rotatable bonds is 1. The highest BCUT2D eigenvalue weighted by Crippen LogP contribution is 2.18. The fraction of sp³-hybridized carbons (Fsp3) is 0. The Morgan fingerprint density at radius 3 is 2.53 bits per heavy atom. The zero-order valence-corrected chi connectivity index (χ0v) is 8.64. The van der Waals surface area contributed by atoms with Gasteiger partial charge >= 0.3 is 0 Å². The van der Waals surface area contributed by atoms with Gasteiger partial charge in [0.1, 0.15) is 0 Å². The number of benzene rings is 1. The maximum atomic E-state index is 13.4. The molecule has 2 heterocycles. The Balaban J connectivity index is 2.24. The molecule has 0 atom stereocenters. The molecule has 0 saturated heterocycles. The number of hydrogen-bond donors (Lipinski definition) is 0. The molecule has 0 aliphatic heterocycles. The summed E-state index contributed by atoms with van der Waals surface area (Å²) in [5.41, 5.74) is 1.39. The number of aromatic nitrogens is 3. The highest BCUT2D eigenvalue weighted by Gasteiger charge is 2.09. The van der Waals surface area contributed by atoms with Crippen molar-refractivity contribution in [2.45, 2.75) is 0 Å². The second-order valence-electron chi connectivity index (χ2n) is 3.56. The van der Waals surface area contributed by atoms with Crippen LogP contribution in [0, 0.1) is 11.9 Å². The molecule has 0 N–H and O–H groups in total.